The van der Waals surface area contributed by atoms with Gasteiger partial charge in [-0.2, -0.15) is 5.26 Å². The second kappa shape index (κ2) is 9.63. The highest BCUT2D eigenvalue weighted by Gasteiger charge is 2.20. The van der Waals surface area contributed by atoms with Gasteiger partial charge in [0.15, 0.2) is 0 Å². The van der Waals surface area contributed by atoms with Gasteiger partial charge in [0.2, 0.25) is 0 Å². The Morgan fingerprint density at radius 2 is 2.00 bits per heavy atom. The van der Waals surface area contributed by atoms with Gasteiger partial charge < -0.3 is 19.6 Å². The third kappa shape index (κ3) is 6.48. The molecule has 1 aromatic rings. The van der Waals surface area contributed by atoms with Crippen LogP contribution in [0.25, 0.3) is 0 Å². The molecule has 1 aliphatic heterocycles. The molecule has 5 heteroatoms. The number of piperidine rings is 1. The van der Waals surface area contributed by atoms with E-state index in [0.717, 1.165) is 44.4 Å². The number of hydrogen-bond donors (Lipinski definition) is 1. The third-order valence-corrected chi connectivity index (χ3v) is 4.52. The van der Waals surface area contributed by atoms with Gasteiger partial charge >= 0.3 is 0 Å². The van der Waals surface area contributed by atoms with Crippen molar-refractivity contribution in [3.63, 3.8) is 0 Å². The van der Waals surface area contributed by atoms with E-state index in [1.807, 2.05) is 19.1 Å². The highest BCUT2D eigenvalue weighted by molar-refractivity contribution is 5.34. The van der Waals surface area contributed by atoms with Crippen LogP contribution >= 0.6 is 0 Å². The lowest BCUT2D eigenvalue weighted by Crippen LogP contribution is -2.41. The number of aliphatic hydroxyl groups is 1. The number of likely N-dealkylation sites (tertiary alicyclic amines) is 1. The van der Waals surface area contributed by atoms with Gasteiger partial charge in [0.1, 0.15) is 12.4 Å². The van der Waals surface area contributed by atoms with Crippen LogP contribution in [0.5, 0.6) is 5.75 Å². The number of nitriles is 1. The lowest BCUT2D eigenvalue weighted by molar-refractivity contribution is 0.0910. The Morgan fingerprint density at radius 3 is 2.58 bits per heavy atom. The molecule has 1 heterocycles. The van der Waals surface area contributed by atoms with Crippen molar-refractivity contribution in [2.24, 2.45) is 5.92 Å². The summed E-state index contributed by atoms with van der Waals surface area (Å²) in [6.45, 7) is 7.47. The molecule has 1 atom stereocenters. The van der Waals surface area contributed by atoms with Crippen LogP contribution in [0.3, 0.4) is 0 Å². The molecule has 1 N–H and O–H groups in total. The fourth-order valence-electron chi connectivity index (χ4n) is 3.20. The van der Waals surface area contributed by atoms with Crippen molar-refractivity contribution in [3.05, 3.63) is 29.8 Å². The predicted octanol–water partition coefficient (Wildman–Crippen LogP) is 1.96. The zero-order chi connectivity index (χ0) is 17.4. The van der Waals surface area contributed by atoms with E-state index in [4.69, 9.17) is 10.00 Å². The summed E-state index contributed by atoms with van der Waals surface area (Å²) in [5.74, 6) is 1.55. The van der Waals surface area contributed by atoms with Crippen molar-refractivity contribution in [1.29, 1.82) is 5.26 Å². The monoisotopic (exact) mass is 331 g/mol. The summed E-state index contributed by atoms with van der Waals surface area (Å²) in [6, 6.07) is 9.35. The zero-order valence-electron chi connectivity index (χ0n) is 14.8. The Morgan fingerprint density at radius 1 is 1.33 bits per heavy atom. The van der Waals surface area contributed by atoms with Gasteiger partial charge in [-0.3, -0.25) is 0 Å². The molecule has 0 amide bonds. The fraction of sp³-hybridized carbons (Fsp3) is 0.632. The molecule has 0 aliphatic carbocycles. The average molecular weight is 331 g/mol. The molecule has 1 saturated heterocycles. The van der Waals surface area contributed by atoms with Crippen molar-refractivity contribution in [1.82, 2.24) is 9.80 Å². The summed E-state index contributed by atoms with van der Waals surface area (Å²) in [6.07, 6.45) is 2.17. The summed E-state index contributed by atoms with van der Waals surface area (Å²) in [5.41, 5.74) is 0.654. The van der Waals surface area contributed by atoms with E-state index in [2.05, 4.69) is 22.9 Å². The fourth-order valence-corrected chi connectivity index (χ4v) is 3.20. The van der Waals surface area contributed by atoms with Crippen LogP contribution in [0.2, 0.25) is 0 Å². The van der Waals surface area contributed by atoms with Gasteiger partial charge in [0.05, 0.1) is 17.7 Å². The van der Waals surface area contributed by atoms with E-state index < -0.39 is 0 Å². The van der Waals surface area contributed by atoms with Crippen LogP contribution < -0.4 is 4.74 Å². The Bertz CT molecular complexity index is 516. The number of rotatable bonds is 8. The number of hydrogen-bond acceptors (Lipinski definition) is 5. The maximum Gasteiger partial charge on any atom is 0.119 e. The van der Waals surface area contributed by atoms with Gasteiger partial charge in [-0.1, -0.05) is 0 Å². The van der Waals surface area contributed by atoms with Gasteiger partial charge in [-0.05, 0) is 70.1 Å². The molecule has 1 aliphatic rings. The lowest BCUT2D eigenvalue weighted by atomic mass is 9.96. The van der Waals surface area contributed by atoms with Gasteiger partial charge in [-0.15, -0.1) is 0 Å². The van der Waals surface area contributed by atoms with E-state index >= 15 is 0 Å². The largest absolute Gasteiger partial charge is 0.492 e. The molecule has 132 valence electrons. The van der Waals surface area contributed by atoms with Crippen LogP contribution in [0, 0.1) is 17.2 Å². The second-order valence-electron chi connectivity index (χ2n) is 6.84. The summed E-state index contributed by atoms with van der Waals surface area (Å²) in [5, 5.41) is 18.2. The molecule has 5 nitrogen and oxygen atoms in total. The number of nitrogens with zero attached hydrogens (tertiary/aromatic N) is 3. The predicted molar refractivity (Wildman–Crippen MR) is 95.0 cm³/mol. The SMILES string of the molecule is C[C@H](O)CN1CCC(CN(C)CCOc2ccc(C#N)cc2)CC1. The van der Waals surface area contributed by atoms with E-state index in [1.54, 1.807) is 12.1 Å². The Balaban J connectivity index is 1.61. The average Bonchev–Trinajstić information content (AvgIpc) is 2.57. The van der Waals surface area contributed by atoms with E-state index in [-0.39, 0.29) is 6.10 Å². The summed E-state index contributed by atoms with van der Waals surface area (Å²) in [4.78, 5) is 4.69. The molecule has 0 aromatic heterocycles. The minimum Gasteiger partial charge on any atom is -0.492 e. The molecule has 0 radical (unpaired) electrons. The Kier molecular flexibility index (Phi) is 7.51. The molecule has 0 spiro atoms. The van der Waals surface area contributed by atoms with Gasteiger partial charge in [-0.25, -0.2) is 0 Å². The van der Waals surface area contributed by atoms with Gasteiger partial charge in [0, 0.05) is 19.6 Å². The second-order valence-corrected chi connectivity index (χ2v) is 6.84. The minimum atomic E-state index is -0.233. The number of β-amino-alcohol motifs (C(OH)–C–C–N with tert-alkyl or cyclic N) is 1. The smallest absolute Gasteiger partial charge is 0.119 e. The number of likely N-dealkylation sites (N-methyl/N-ethyl adjacent to an activating group) is 1. The van der Waals surface area contributed by atoms with E-state index in [0.29, 0.717) is 12.2 Å². The maximum atomic E-state index is 9.46. The molecule has 0 saturated carbocycles. The topological polar surface area (TPSA) is 59.7 Å². The molecular weight excluding hydrogens is 302 g/mol. The van der Waals surface area contributed by atoms with Crippen LogP contribution in [-0.4, -0.2) is 67.4 Å². The van der Waals surface area contributed by atoms with Crippen molar-refractivity contribution in [2.75, 3.05) is 46.4 Å². The third-order valence-electron chi connectivity index (χ3n) is 4.52. The Labute approximate surface area is 145 Å². The quantitative estimate of drug-likeness (QED) is 0.789. The van der Waals surface area contributed by atoms with Crippen LogP contribution in [0.15, 0.2) is 24.3 Å². The first-order valence-corrected chi connectivity index (χ1v) is 8.78. The summed E-state index contributed by atoms with van der Waals surface area (Å²) < 4.78 is 5.74. The van der Waals surface area contributed by atoms with Crippen LogP contribution in [-0.2, 0) is 0 Å². The summed E-state index contributed by atoms with van der Waals surface area (Å²) >= 11 is 0. The number of ether oxygens (including phenoxy) is 1. The molecule has 2 rings (SSSR count). The van der Waals surface area contributed by atoms with E-state index in [1.165, 1.54) is 12.8 Å². The minimum absolute atomic E-state index is 0.233. The highest BCUT2D eigenvalue weighted by atomic mass is 16.5. The first-order valence-electron chi connectivity index (χ1n) is 8.78. The molecular formula is C19H29N3O2. The standard InChI is InChI=1S/C19H29N3O2/c1-16(23)14-22-9-7-18(8-10-22)15-21(2)11-12-24-19-5-3-17(13-20)4-6-19/h3-6,16,18,23H,7-12,14-15H2,1-2H3/t16-/m0/s1. The lowest BCUT2D eigenvalue weighted by Gasteiger charge is -2.34. The summed E-state index contributed by atoms with van der Waals surface area (Å²) in [7, 11) is 2.14. The highest BCUT2D eigenvalue weighted by Crippen LogP contribution is 2.18. The molecule has 0 bridgehead atoms. The van der Waals surface area contributed by atoms with Crippen molar-refractivity contribution >= 4 is 0 Å². The Hall–Kier alpha value is -1.61. The maximum absolute atomic E-state index is 9.46. The number of benzene rings is 1. The first-order chi connectivity index (χ1) is 11.6. The van der Waals surface area contributed by atoms with Crippen LogP contribution in [0.1, 0.15) is 25.3 Å². The van der Waals surface area contributed by atoms with Crippen molar-refractivity contribution < 1.29 is 9.84 Å². The first kappa shape index (κ1) is 18.7. The van der Waals surface area contributed by atoms with Crippen molar-refractivity contribution in [3.8, 4) is 11.8 Å². The number of aliphatic hydroxyl groups excluding tert-OH is 1. The molecule has 1 fully saturated rings. The zero-order valence-corrected chi connectivity index (χ0v) is 14.8. The molecule has 1 aromatic carbocycles. The normalized spacial score (nSPS) is 17.6. The van der Waals surface area contributed by atoms with E-state index in [9.17, 15) is 5.11 Å². The van der Waals surface area contributed by atoms with Gasteiger partial charge in [0.25, 0.3) is 0 Å². The molecule has 24 heavy (non-hydrogen) atoms. The van der Waals surface area contributed by atoms with Crippen LogP contribution in [0.4, 0.5) is 0 Å². The molecule has 0 unspecified atom stereocenters. The van der Waals surface area contributed by atoms with Crippen molar-refractivity contribution in [2.45, 2.75) is 25.9 Å².